The van der Waals surface area contributed by atoms with Gasteiger partial charge in [0.25, 0.3) is 0 Å². The van der Waals surface area contributed by atoms with Crippen LogP contribution < -0.4 is 0 Å². The van der Waals surface area contributed by atoms with Gasteiger partial charge in [0.2, 0.25) is 0 Å². The summed E-state index contributed by atoms with van der Waals surface area (Å²) in [6, 6.07) is 9.20. The van der Waals surface area contributed by atoms with Crippen molar-refractivity contribution < 1.29 is 0 Å². The molecule has 0 amide bonds. The second-order valence-electron chi connectivity index (χ2n) is 6.78. The molecule has 1 aromatic rings. The zero-order valence-corrected chi connectivity index (χ0v) is 19.5. The minimum Gasteiger partial charge on any atom is -0.0938 e. The van der Waals surface area contributed by atoms with Crippen molar-refractivity contribution in [2.75, 3.05) is 0 Å². The van der Waals surface area contributed by atoms with Crippen molar-refractivity contribution in [1.82, 2.24) is 0 Å². The monoisotopic (exact) mass is 358 g/mol. The second kappa shape index (κ2) is 9.01. The van der Waals surface area contributed by atoms with Crippen molar-refractivity contribution in [3.8, 4) is 0 Å². The minimum absolute atomic E-state index is 0.318. The maximum Gasteiger partial charge on any atom is 0.0684 e. The Morgan fingerprint density at radius 3 is 0.955 bits per heavy atom. The van der Waals surface area contributed by atoms with Crippen LogP contribution in [0.4, 0.5) is 0 Å². The summed E-state index contributed by atoms with van der Waals surface area (Å²) in [7, 11) is -1.27. The van der Waals surface area contributed by atoms with Gasteiger partial charge in [-0.1, -0.05) is 98.4 Å². The van der Waals surface area contributed by atoms with Crippen LogP contribution in [0.1, 0.15) is 11.1 Å². The Balaban J connectivity index is 3.05. The summed E-state index contributed by atoms with van der Waals surface area (Å²) >= 11 is 0. The molecule has 0 bridgehead atoms. The van der Waals surface area contributed by atoms with Crippen molar-refractivity contribution in [1.29, 1.82) is 0 Å². The van der Waals surface area contributed by atoms with E-state index in [0.29, 0.717) is 0 Å². The van der Waals surface area contributed by atoms with E-state index >= 15 is 0 Å². The van der Waals surface area contributed by atoms with Gasteiger partial charge in [-0.3, -0.25) is 0 Å². The molecule has 0 aliphatic rings. The Hall–Kier alpha value is -0.432. The van der Waals surface area contributed by atoms with Crippen LogP contribution in [0.15, 0.2) is 33.9 Å². The number of hydrogen-bond donors (Lipinski definition) is 0. The first-order valence-electron chi connectivity index (χ1n) is 7.98. The fraction of sp³-hybridized carbons (Fsp3) is 0.444. The lowest BCUT2D eigenvalue weighted by molar-refractivity contribution is 1.61. The fourth-order valence-electron chi connectivity index (χ4n) is 2.60. The van der Waals surface area contributed by atoms with Gasteiger partial charge in [0.05, 0.1) is 35.2 Å². The zero-order valence-electron chi connectivity index (χ0n) is 15.5. The van der Waals surface area contributed by atoms with E-state index in [9.17, 15) is 0 Å². The third-order valence-corrected chi connectivity index (χ3v) is 14.6. The van der Waals surface area contributed by atoms with Gasteiger partial charge in [-0.2, -0.15) is 0 Å². The number of benzene rings is 1. The molecule has 4 radical (unpaired) electrons. The molecule has 22 heavy (non-hydrogen) atoms. The molecule has 0 heterocycles. The SMILES string of the molecule is C[Si](C)C(=Cc1ccc(C=C([Si](C)C)[Si](C)C)cc1)[Si](C)C. The summed E-state index contributed by atoms with van der Waals surface area (Å²) in [5, 5.41) is 0. The summed E-state index contributed by atoms with van der Waals surface area (Å²) in [5.41, 5.74) is 2.76. The van der Waals surface area contributed by atoms with Gasteiger partial charge in [0.1, 0.15) is 0 Å². The van der Waals surface area contributed by atoms with E-state index in [1.165, 1.54) is 11.1 Å². The van der Waals surface area contributed by atoms with Crippen molar-refractivity contribution >= 4 is 47.3 Å². The lowest BCUT2D eigenvalue weighted by Crippen LogP contribution is -2.18. The molecule has 1 aromatic carbocycles. The molecule has 1 rings (SSSR count). The average Bonchev–Trinajstić information content (AvgIpc) is 2.42. The third kappa shape index (κ3) is 5.99. The van der Waals surface area contributed by atoms with Gasteiger partial charge in [-0.25, -0.2) is 0 Å². The molecule has 0 N–H and O–H groups in total. The molecule has 0 unspecified atom stereocenters. The van der Waals surface area contributed by atoms with Gasteiger partial charge < -0.3 is 0 Å². The molecular formula is C18H30Si4. The maximum atomic E-state index is 2.46. The Bertz CT molecular complexity index is 454. The van der Waals surface area contributed by atoms with E-state index in [-0.39, 0.29) is 35.2 Å². The molecular weight excluding hydrogens is 329 g/mol. The van der Waals surface area contributed by atoms with Crippen molar-refractivity contribution in [2.24, 2.45) is 0 Å². The van der Waals surface area contributed by atoms with Crippen LogP contribution >= 0.6 is 0 Å². The Morgan fingerprint density at radius 2 is 0.773 bits per heavy atom. The van der Waals surface area contributed by atoms with Gasteiger partial charge in [-0.15, -0.1) is 0 Å². The first-order chi connectivity index (χ1) is 10.2. The minimum atomic E-state index is -0.318. The van der Waals surface area contributed by atoms with Gasteiger partial charge in [0, 0.05) is 0 Å². The van der Waals surface area contributed by atoms with Crippen LogP contribution in [-0.4, -0.2) is 35.2 Å². The van der Waals surface area contributed by atoms with Gasteiger partial charge in [0.15, 0.2) is 0 Å². The van der Waals surface area contributed by atoms with E-state index in [2.05, 4.69) is 88.8 Å². The third-order valence-electron chi connectivity index (χ3n) is 3.71. The lowest BCUT2D eigenvalue weighted by Gasteiger charge is -2.14. The van der Waals surface area contributed by atoms with Crippen LogP contribution in [0.2, 0.25) is 52.4 Å². The van der Waals surface area contributed by atoms with Gasteiger partial charge in [-0.05, 0) is 11.1 Å². The highest BCUT2D eigenvalue weighted by atomic mass is 28.3. The Morgan fingerprint density at radius 1 is 0.545 bits per heavy atom. The highest BCUT2D eigenvalue weighted by Gasteiger charge is 2.12. The summed E-state index contributed by atoms with van der Waals surface area (Å²) in [6.45, 7) is 19.3. The lowest BCUT2D eigenvalue weighted by atomic mass is 10.1. The van der Waals surface area contributed by atoms with Crippen LogP contribution in [0.3, 0.4) is 0 Å². The summed E-state index contributed by atoms with van der Waals surface area (Å²) < 4.78 is 0. The van der Waals surface area contributed by atoms with E-state index in [0.717, 1.165) is 0 Å². The molecule has 0 saturated carbocycles. The van der Waals surface area contributed by atoms with Gasteiger partial charge >= 0.3 is 0 Å². The smallest absolute Gasteiger partial charge is 0.0684 e. The zero-order chi connectivity index (χ0) is 16.9. The molecule has 0 fully saturated rings. The first-order valence-corrected chi connectivity index (χ1v) is 18.0. The van der Waals surface area contributed by atoms with Crippen LogP contribution in [0.5, 0.6) is 0 Å². The molecule has 0 atom stereocenters. The van der Waals surface area contributed by atoms with Crippen LogP contribution in [0, 0.1) is 0 Å². The highest BCUT2D eigenvalue weighted by Crippen LogP contribution is 2.17. The van der Waals surface area contributed by atoms with Crippen molar-refractivity contribution in [2.45, 2.75) is 52.4 Å². The van der Waals surface area contributed by atoms with Crippen molar-refractivity contribution in [3.63, 3.8) is 0 Å². The topological polar surface area (TPSA) is 0 Å². The molecule has 0 spiro atoms. The van der Waals surface area contributed by atoms with Crippen LogP contribution in [-0.2, 0) is 0 Å². The number of rotatable bonds is 6. The fourth-order valence-corrected chi connectivity index (χ4v) is 12.4. The second-order valence-corrected chi connectivity index (χ2v) is 17.9. The van der Waals surface area contributed by atoms with E-state index in [1.54, 1.807) is 9.64 Å². The molecule has 0 aliphatic carbocycles. The van der Waals surface area contributed by atoms with Crippen LogP contribution in [0.25, 0.3) is 12.2 Å². The Labute approximate surface area is 144 Å². The molecule has 0 saturated heterocycles. The molecule has 0 aliphatic heterocycles. The molecule has 0 nitrogen and oxygen atoms in total. The standard InChI is InChI=1S/C18H30Si4/c1-19(2)17(20(3)4)13-15-9-11-16(12-10-15)14-18(21(5)6)22(7)8/h9-14H,1-8H3. The van der Waals surface area contributed by atoms with E-state index in [4.69, 9.17) is 0 Å². The molecule has 0 aromatic heterocycles. The quantitative estimate of drug-likeness (QED) is 0.578. The largest absolute Gasteiger partial charge is 0.0938 e. The normalized spacial score (nSPS) is 11.5. The summed E-state index contributed by atoms with van der Waals surface area (Å²) in [6.07, 6.45) is 4.92. The maximum absolute atomic E-state index is 2.46. The number of hydrogen-bond acceptors (Lipinski definition) is 0. The Kier molecular flexibility index (Phi) is 8.03. The summed E-state index contributed by atoms with van der Waals surface area (Å²) in [5.74, 6) is 0. The van der Waals surface area contributed by atoms with Crippen molar-refractivity contribution in [3.05, 3.63) is 45.0 Å². The average molecular weight is 359 g/mol. The van der Waals surface area contributed by atoms with E-state index < -0.39 is 0 Å². The first kappa shape index (κ1) is 19.6. The van der Waals surface area contributed by atoms with E-state index in [1.807, 2.05) is 0 Å². The predicted molar refractivity (Wildman–Crippen MR) is 112 cm³/mol. The highest BCUT2D eigenvalue weighted by molar-refractivity contribution is 6.88. The molecule has 118 valence electrons. The predicted octanol–water partition coefficient (Wildman–Crippen LogP) is 5.63. The molecule has 4 heteroatoms. The summed E-state index contributed by atoms with van der Waals surface area (Å²) in [4.78, 5) is 3.47.